The minimum Gasteiger partial charge on any atom is -0.406 e. The zero-order valence-corrected chi connectivity index (χ0v) is 16.7. The summed E-state index contributed by atoms with van der Waals surface area (Å²) >= 11 is 0. The van der Waals surface area contributed by atoms with Gasteiger partial charge in [-0.15, -0.1) is 13.2 Å². The first kappa shape index (κ1) is 22.9. The highest BCUT2D eigenvalue weighted by atomic mass is 19.4. The molecular weight excluding hydrogens is 432 g/mol. The summed E-state index contributed by atoms with van der Waals surface area (Å²) in [5.74, 6) is -0.179. The summed E-state index contributed by atoms with van der Waals surface area (Å²) in [4.78, 5) is 12.6. The molecule has 1 aromatic heterocycles. The van der Waals surface area contributed by atoms with E-state index >= 15 is 0 Å². The number of ether oxygens (including phenoxy) is 2. The number of anilines is 3. The maximum Gasteiger partial charge on any atom is 0.573 e. The number of benzene rings is 2. The first-order valence-electron chi connectivity index (χ1n) is 9.31. The van der Waals surface area contributed by atoms with Crippen LogP contribution in [0.2, 0.25) is 0 Å². The summed E-state index contributed by atoms with van der Waals surface area (Å²) < 4.78 is 59.0. The molecule has 32 heavy (non-hydrogen) atoms. The van der Waals surface area contributed by atoms with E-state index in [1.165, 1.54) is 30.5 Å². The van der Waals surface area contributed by atoms with Gasteiger partial charge in [-0.3, -0.25) is 0 Å². The van der Waals surface area contributed by atoms with Crippen molar-refractivity contribution in [1.82, 2.24) is 15.0 Å². The largest absolute Gasteiger partial charge is 0.573 e. The van der Waals surface area contributed by atoms with Gasteiger partial charge in [0.05, 0.1) is 6.21 Å². The molecule has 0 aliphatic rings. The quantitative estimate of drug-likeness (QED) is 0.279. The van der Waals surface area contributed by atoms with Gasteiger partial charge in [0, 0.05) is 12.3 Å². The van der Waals surface area contributed by atoms with Crippen LogP contribution in [-0.4, -0.2) is 34.1 Å². The summed E-state index contributed by atoms with van der Waals surface area (Å²) in [6.07, 6.45) is -3.32. The van der Waals surface area contributed by atoms with Gasteiger partial charge >= 0.3 is 6.36 Å². The summed E-state index contributed by atoms with van der Waals surface area (Å²) in [5.41, 5.74) is 3.74. The van der Waals surface area contributed by atoms with E-state index in [1.54, 1.807) is 12.1 Å². The molecule has 3 aromatic rings. The fraction of sp³-hybridized carbons (Fsp3) is 0.200. The first-order valence-corrected chi connectivity index (χ1v) is 9.31. The van der Waals surface area contributed by atoms with Gasteiger partial charge in [0.25, 0.3) is 0 Å². The van der Waals surface area contributed by atoms with Gasteiger partial charge in [0.1, 0.15) is 18.2 Å². The van der Waals surface area contributed by atoms with E-state index in [9.17, 15) is 17.6 Å². The average Bonchev–Trinajstić information content (AvgIpc) is 2.74. The van der Waals surface area contributed by atoms with Crippen molar-refractivity contribution in [2.75, 3.05) is 17.3 Å². The predicted octanol–water partition coefficient (Wildman–Crippen LogP) is 4.64. The molecule has 0 aliphatic carbocycles. The SMILES string of the molecule is CCOCc1nc(N/N=C/c2ccc(F)cc2)nc(Nc2ccc(OC(F)(F)F)cc2)n1. The van der Waals surface area contributed by atoms with Gasteiger partial charge in [0.2, 0.25) is 11.9 Å². The van der Waals surface area contributed by atoms with Crippen LogP contribution in [0.5, 0.6) is 5.75 Å². The lowest BCUT2D eigenvalue weighted by molar-refractivity contribution is -0.274. The Balaban J connectivity index is 1.73. The molecule has 0 radical (unpaired) electrons. The molecule has 0 saturated heterocycles. The second-order valence-electron chi connectivity index (χ2n) is 6.15. The van der Waals surface area contributed by atoms with Crippen molar-refractivity contribution >= 4 is 23.8 Å². The average molecular weight is 450 g/mol. The third kappa shape index (κ3) is 7.47. The van der Waals surface area contributed by atoms with Crippen LogP contribution in [0.3, 0.4) is 0 Å². The number of rotatable bonds is 9. The highest BCUT2D eigenvalue weighted by Gasteiger charge is 2.30. The van der Waals surface area contributed by atoms with E-state index in [-0.39, 0.29) is 30.1 Å². The summed E-state index contributed by atoms with van der Waals surface area (Å²) in [7, 11) is 0. The van der Waals surface area contributed by atoms with Crippen LogP contribution >= 0.6 is 0 Å². The molecule has 0 amide bonds. The molecule has 168 valence electrons. The summed E-state index contributed by atoms with van der Waals surface area (Å²) in [6, 6.07) is 10.8. The normalized spacial score (nSPS) is 11.5. The van der Waals surface area contributed by atoms with Crippen LogP contribution in [0.4, 0.5) is 35.1 Å². The maximum absolute atomic E-state index is 13.0. The number of alkyl halides is 3. The number of hydrogen-bond acceptors (Lipinski definition) is 8. The monoisotopic (exact) mass is 450 g/mol. The highest BCUT2D eigenvalue weighted by molar-refractivity contribution is 5.79. The number of hydrogen-bond donors (Lipinski definition) is 2. The van der Waals surface area contributed by atoms with E-state index in [0.29, 0.717) is 23.7 Å². The van der Waals surface area contributed by atoms with Crippen LogP contribution in [0.15, 0.2) is 53.6 Å². The van der Waals surface area contributed by atoms with E-state index < -0.39 is 6.36 Å². The molecule has 0 spiro atoms. The number of aromatic nitrogens is 3. The van der Waals surface area contributed by atoms with Crippen molar-refractivity contribution in [1.29, 1.82) is 0 Å². The molecule has 0 unspecified atom stereocenters. The maximum atomic E-state index is 13.0. The van der Waals surface area contributed by atoms with Crippen LogP contribution in [0.25, 0.3) is 0 Å². The Morgan fingerprint density at radius 3 is 2.31 bits per heavy atom. The fourth-order valence-electron chi connectivity index (χ4n) is 2.37. The van der Waals surface area contributed by atoms with E-state index in [0.717, 1.165) is 12.1 Å². The van der Waals surface area contributed by atoms with Crippen LogP contribution < -0.4 is 15.5 Å². The molecule has 1 heterocycles. The fourth-order valence-corrected chi connectivity index (χ4v) is 2.37. The van der Waals surface area contributed by atoms with E-state index in [1.807, 2.05) is 6.92 Å². The van der Waals surface area contributed by atoms with Crippen molar-refractivity contribution in [3.63, 3.8) is 0 Å². The third-order valence-electron chi connectivity index (χ3n) is 3.71. The van der Waals surface area contributed by atoms with Crippen molar-refractivity contribution in [3.8, 4) is 5.75 Å². The second kappa shape index (κ2) is 10.5. The second-order valence-corrected chi connectivity index (χ2v) is 6.15. The Kier molecular flexibility index (Phi) is 7.49. The van der Waals surface area contributed by atoms with Gasteiger partial charge in [-0.25, -0.2) is 9.82 Å². The topological polar surface area (TPSA) is 93.5 Å². The van der Waals surface area contributed by atoms with Crippen molar-refractivity contribution in [3.05, 3.63) is 65.7 Å². The lowest BCUT2D eigenvalue weighted by atomic mass is 10.2. The number of hydrazone groups is 1. The molecule has 8 nitrogen and oxygen atoms in total. The predicted molar refractivity (Wildman–Crippen MR) is 109 cm³/mol. The Bertz CT molecular complexity index is 1040. The lowest BCUT2D eigenvalue weighted by Crippen LogP contribution is -2.17. The number of nitrogens with zero attached hydrogens (tertiary/aromatic N) is 4. The van der Waals surface area contributed by atoms with E-state index in [2.05, 4.69) is 35.5 Å². The van der Waals surface area contributed by atoms with E-state index in [4.69, 9.17) is 4.74 Å². The van der Waals surface area contributed by atoms with Gasteiger partial charge in [-0.2, -0.15) is 20.1 Å². The Hall–Kier alpha value is -3.80. The molecule has 0 aliphatic heterocycles. The molecule has 0 saturated carbocycles. The molecule has 2 N–H and O–H groups in total. The van der Waals surface area contributed by atoms with Gasteiger partial charge in [0.15, 0.2) is 5.82 Å². The molecule has 0 bridgehead atoms. The molecule has 3 rings (SSSR count). The molecular formula is C20H18F4N6O2. The summed E-state index contributed by atoms with van der Waals surface area (Å²) in [5, 5.41) is 6.89. The first-order chi connectivity index (χ1) is 15.3. The zero-order chi connectivity index (χ0) is 23.0. The molecule has 0 fully saturated rings. The van der Waals surface area contributed by atoms with Crippen LogP contribution in [0, 0.1) is 5.82 Å². The van der Waals surface area contributed by atoms with Crippen molar-refractivity contribution in [2.24, 2.45) is 5.10 Å². The van der Waals surface area contributed by atoms with Crippen molar-refractivity contribution in [2.45, 2.75) is 19.9 Å². The molecule has 0 atom stereocenters. The van der Waals surface area contributed by atoms with Gasteiger partial charge in [-0.1, -0.05) is 12.1 Å². The number of nitrogens with one attached hydrogen (secondary N) is 2. The van der Waals surface area contributed by atoms with Crippen LogP contribution in [0.1, 0.15) is 18.3 Å². The van der Waals surface area contributed by atoms with Crippen LogP contribution in [-0.2, 0) is 11.3 Å². The third-order valence-corrected chi connectivity index (χ3v) is 3.71. The Labute approximate surface area is 180 Å². The minimum absolute atomic E-state index is 0.104. The summed E-state index contributed by atoms with van der Waals surface area (Å²) in [6.45, 7) is 2.38. The molecule has 2 aromatic carbocycles. The van der Waals surface area contributed by atoms with Gasteiger partial charge < -0.3 is 14.8 Å². The van der Waals surface area contributed by atoms with Gasteiger partial charge in [-0.05, 0) is 48.9 Å². The standard InChI is InChI=1S/C20H18F4N6O2/c1-2-31-12-17-27-18(26-15-7-9-16(10-8-15)32-20(22,23)24)29-19(28-17)30-25-11-13-3-5-14(21)6-4-13/h3-11H,2,12H2,1H3,(H2,26,27,28,29,30)/b25-11+. The Morgan fingerprint density at radius 2 is 1.66 bits per heavy atom. The minimum atomic E-state index is -4.77. The zero-order valence-electron chi connectivity index (χ0n) is 16.7. The lowest BCUT2D eigenvalue weighted by Gasteiger charge is -2.11. The highest BCUT2D eigenvalue weighted by Crippen LogP contribution is 2.25. The Morgan fingerprint density at radius 1 is 0.969 bits per heavy atom. The number of halogens is 4. The smallest absolute Gasteiger partial charge is 0.406 e. The van der Waals surface area contributed by atoms with Crippen molar-refractivity contribution < 1.29 is 27.0 Å². The molecule has 12 heteroatoms.